The predicted octanol–water partition coefficient (Wildman–Crippen LogP) is 3.91. The molecule has 0 fully saturated rings. The summed E-state index contributed by atoms with van der Waals surface area (Å²) >= 11 is 1.90. The molecule has 3 rings (SSSR count). The van der Waals surface area contributed by atoms with Crippen LogP contribution in [-0.4, -0.2) is 25.2 Å². The second-order valence-corrected chi connectivity index (χ2v) is 6.81. The van der Waals surface area contributed by atoms with Crippen molar-refractivity contribution in [2.45, 2.75) is 29.5 Å². The molecule has 1 aromatic carbocycles. The van der Waals surface area contributed by atoms with Gasteiger partial charge in [-0.1, -0.05) is 6.07 Å². The van der Waals surface area contributed by atoms with Crippen molar-refractivity contribution in [1.82, 2.24) is 25.2 Å². The first-order valence-corrected chi connectivity index (χ1v) is 8.11. The van der Waals surface area contributed by atoms with Crippen LogP contribution in [0.15, 0.2) is 33.1 Å². The van der Waals surface area contributed by atoms with E-state index in [0.29, 0.717) is 5.16 Å². The molecule has 0 spiro atoms. The number of aryl methyl sites for hydroxylation is 2. The molecule has 5 nitrogen and oxygen atoms in total. The zero-order valence-electron chi connectivity index (χ0n) is 12.0. The summed E-state index contributed by atoms with van der Waals surface area (Å²) in [5.41, 5.74) is 2.04. The van der Waals surface area contributed by atoms with Gasteiger partial charge in [-0.3, -0.25) is 0 Å². The van der Waals surface area contributed by atoms with Crippen molar-refractivity contribution in [1.29, 1.82) is 0 Å². The minimum atomic E-state index is -4.45. The fourth-order valence-corrected chi connectivity index (χ4v) is 3.49. The van der Waals surface area contributed by atoms with E-state index in [-0.39, 0.29) is 4.34 Å². The highest BCUT2D eigenvalue weighted by molar-refractivity contribution is 8.00. The number of nitrogens with zero attached hydrogens (tertiary/aromatic N) is 5. The first kappa shape index (κ1) is 15.9. The van der Waals surface area contributed by atoms with Crippen LogP contribution in [0.3, 0.4) is 0 Å². The summed E-state index contributed by atoms with van der Waals surface area (Å²) < 4.78 is 39.5. The molecule has 0 saturated heterocycles. The largest absolute Gasteiger partial charge is 0.434 e. The summed E-state index contributed by atoms with van der Waals surface area (Å²) in [5.74, 6) is 0. The molecule has 0 N–H and O–H groups in total. The lowest BCUT2D eigenvalue weighted by atomic mass is 10.1. The van der Waals surface area contributed by atoms with Gasteiger partial charge in [0.25, 0.3) is 0 Å². The Morgan fingerprint density at radius 3 is 2.61 bits per heavy atom. The first-order chi connectivity index (χ1) is 10.8. The number of thiazole rings is 1. The van der Waals surface area contributed by atoms with Gasteiger partial charge in [0.15, 0.2) is 10.0 Å². The molecule has 0 atom stereocenters. The lowest BCUT2D eigenvalue weighted by Gasteiger charge is -2.06. The van der Waals surface area contributed by atoms with E-state index < -0.39 is 11.9 Å². The average Bonchev–Trinajstić information content (AvgIpc) is 3.11. The molecule has 0 bridgehead atoms. The molecule has 3 aromatic rings. The van der Waals surface area contributed by atoms with Crippen molar-refractivity contribution < 1.29 is 13.2 Å². The molecule has 2 heterocycles. The van der Waals surface area contributed by atoms with Crippen LogP contribution in [0.5, 0.6) is 0 Å². The Labute approximate surface area is 137 Å². The molecule has 0 radical (unpaired) electrons. The van der Waals surface area contributed by atoms with Gasteiger partial charge in [0.2, 0.25) is 5.16 Å². The number of benzene rings is 1. The molecule has 120 valence electrons. The van der Waals surface area contributed by atoms with Crippen LogP contribution in [-0.2, 0) is 6.18 Å². The second-order valence-electron chi connectivity index (χ2n) is 4.74. The number of hydrogen-bond donors (Lipinski definition) is 0. The average molecular weight is 357 g/mol. The molecule has 0 aliphatic carbocycles. The van der Waals surface area contributed by atoms with Gasteiger partial charge in [0.1, 0.15) is 0 Å². The standard InChI is InChI=1S/C13H10F3N5S2/c1-7-3-4-9(5-8(7)2)21-11(18-19-20-21)23-12-17-10(6-22-12)13(14,15)16/h3-6H,1-2H3. The predicted molar refractivity (Wildman–Crippen MR) is 79.9 cm³/mol. The topological polar surface area (TPSA) is 56.5 Å². The Bertz CT molecular complexity index is 840. The zero-order valence-corrected chi connectivity index (χ0v) is 13.6. The highest BCUT2D eigenvalue weighted by atomic mass is 32.2. The zero-order chi connectivity index (χ0) is 16.6. The minimum Gasteiger partial charge on any atom is -0.225 e. The molecular weight excluding hydrogens is 347 g/mol. The van der Waals surface area contributed by atoms with Crippen molar-refractivity contribution >= 4 is 23.1 Å². The molecule has 23 heavy (non-hydrogen) atoms. The quantitative estimate of drug-likeness (QED) is 0.711. The van der Waals surface area contributed by atoms with Gasteiger partial charge >= 0.3 is 6.18 Å². The van der Waals surface area contributed by atoms with E-state index in [1.54, 1.807) is 0 Å². The van der Waals surface area contributed by atoms with E-state index in [1.807, 2.05) is 32.0 Å². The van der Waals surface area contributed by atoms with Crippen LogP contribution >= 0.6 is 23.1 Å². The Kier molecular flexibility index (Phi) is 4.11. The van der Waals surface area contributed by atoms with E-state index in [4.69, 9.17) is 0 Å². The van der Waals surface area contributed by atoms with E-state index >= 15 is 0 Å². The SMILES string of the molecule is Cc1ccc(-n2nnnc2Sc2nc(C(F)(F)F)cs2)cc1C. The summed E-state index contributed by atoms with van der Waals surface area (Å²) in [6.45, 7) is 3.95. The summed E-state index contributed by atoms with van der Waals surface area (Å²) in [4.78, 5) is 3.57. The second kappa shape index (κ2) is 5.93. The summed E-state index contributed by atoms with van der Waals surface area (Å²) in [6, 6.07) is 5.70. The maximum Gasteiger partial charge on any atom is 0.434 e. The van der Waals surface area contributed by atoms with E-state index in [9.17, 15) is 13.2 Å². The van der Waals surface area contributed by atoms with Crippen molar-refractivity contribution in [2.75, 3.05) is 0 Å². The number of tetrazole rings is 1. The molecular formula is C13H10F3N5S2. The maximum atomic E-state index is 12.6. The van der Waals surface area contributed by atoms with Gasteiger partial charge < -0.3 is 0 Å². The van der Waals surface area contributed by atoms with Crippen molar-refractivity contribution in [3.8, 4) is 5.69 Å². The third kappa shape index (κ3) is 3.37. The number of alkyl halides is 3. The number of hydrogen-bond acceptors (Lipinski definition) is 6. The molecule has 0 aliphatic rings. The van der Waals surface area contributed by atoms with Gasteiger partial charge in [-0.15, -0.1) is 16.4 Å². The van der Waals surface area contributed by atoms with Crippen molar-refractivity contribution in [3.63, 3.8) is 0 Å². The van der Waals surface area contributed by atoms with E-state index in [1.165, 1.54) is 4.68 Å². The summed E-state index contributed by atoms with van der Waals surface area (Å²) in [6.07, 6.45) is -4.45. The smallest absolute Gasteiger partial charge is 0.225 e. The molecule has 0 amide bonds. The number of aromatic nitrogens is 5. The first-order valence-electron chi connectivity index (χ1n) is 6.41. The Morgan fingerprint density at radius 2 is 1.96 bits per heavy atom. The lowest BCUT2D eigenvalue weighted by Crippen LogP contribution is -2.04. The van der Waals surface area contributed by atoms with Crippen molar-refractivity contribution in [2.24, 2.45) is 0 Å². The van der Waals surface area contributed by atoms with Crippen LogP contribution < -0.4 is 0 Å². The van der Waals surface area contributed by atoms with Gasteiger partial charge in [-0.25, -0.2) is 4.98 Å². The summed E-state index contributed by atoms with van der Waals surface area (Å²) in [7, 11) is 0. The fourth-order valence-electron chi connectivity index (χ4n) is 1.77. The van der Waals surface area contributed by atoms with Crippen molar-refractivity contribution in [3.05, 3.63) is 40.4 Å². The Morgan fingerprint density at radius 1 is 1.17 bits per heavy atom. The molecule has 2 aromatic heterocycles. The maximum absolute atomic E-state index is 12.6. The monoisotopic (exact) mass is 357 g/mol. The molecule has 10 heteroatoms. The van der Waals surface area contributed by atoms with Crippen LogP contribution in [0.25, 0.3) is 5.69 Å². The van der Waals surface area contributed by atoms with Gasteiger partial charge in [-0.2, -0.15) is 17.9 Å². The normalized spacial score (nSPS) is 11.9. The van der Waals surface area contributed by atoms with Gasteiger partial charge in [-0.05, 0) is 59.3 Å². The van der Waals surface area contributed by atoms with Crippen LogP contribution in [0.4, 0.5) is 13.2 Å². The molecule has 0 aliphatic heterocycles. The van der Waals surface area contributed by atoms with Gasteiger partial charge in [0, 0.05) is 5.38 Å². The Balaban J connectivity index is 1.89. The third-order valence-electron chi connectivity index (χ3n) is 3.13. The molecule has 0 unspecified atom stereocenters. The van der Waals surface area contributed by atoms with E-state index in [2.05, 4.69) is 20.5 Å². The number of rotatable bonds is 3. The summed E-state index contributed by atoms with van der Waals surface area (Å²) in [5, 5.41) is 12.7. The fraction of sp³-hybridized carbons (Fsp3) is 0.231. The van der Waals surface area contributed by atoms with E-state index in [0.717, 1.165) is 45.3 Å². The third-order valence-corrected chi connectivity index (χ3v) is 5.00. The highest BCUT2D eigenvalue weighted by Gasteiger charge is 2.34. The molecule has 0 saturated carbocycles. The van der Waals surface area contributed by atoms with Crippen LogP contribution in [0.1, 0.15) is 16.8 Å². The highest BCUT2D eigenvalue weighted by Crippen LogP contribution is 2.35. The van der Waals surface area contributed by atoms with Crippen LogP contribution in [0.2, 0.25) is 0 Å². The number of halogens is 3. The minimum absolute atomic E-state index is 0.234. The Hall–Kier alpha value is -1.94. The van der Waals surface area contributed by atoms with Crippen LogP contribution in [0, 0.1) is 13.8 Å². The van der Waals surface area contributed by atoms with Gasteiger partial charge in [0.05, 0.1) is 5.69 Å². The lowest BCUT2D eigenvalue weighted by molar-refractivity contribution is -0.141.